The quantitative estimate of drug-likeness (QED) is 0.494. The van der Waals surface area contributed by atoms with Crippen LogP contribution >= 0.6 is 0 Å². The van der Waals surface area contributed by atoms with Crippen LogP contribution in [0.3, 0.4) is 0 Å². The van der Waals surface area contributed by atoms with E-state index >= 15 is 0 Å². The summed E-state index contributed by atoms with van der Waals surface area (Å²) >= 11 is 0. The van der Waals surface area contributed by atoms with Crippen molar-refractivity contribution < 1.29 is 13.2 Å². The first-order valence-corrected chi connectivity index (χ1v) is 14.0. The minimum atomic E-state index is -3.10. The van der Waals surface area contributed by atoms with Crippen LogP contribution < -0.4 is 4.90 Å². The van der Waals surface area contributed by atoms with Crippen molar-refractivity contribution in [2.45, 2.75) is 59.0 Å². The molecule has 1 saturated heterocycles. The Balaban J connectivity index is 1.79. The Morgan fingerprint density at radius 2 is 1.62 bits per heavy atom. The van der Waals surface area contributed by atoms with Crippen LogP contribution in [0.4, 0.5) is 5.69 Å². The molecule has 6 heteroatoms. The molecule has 1 unspecified atom stereocenters. The van der Waals surface area contributed by atoms with E-state index in [1.807, 2.05) is 30.3 Å². The number of hydrogen-bond acceptors (Lipinski definition) is 4. The van der Waals surface area contributed by atoms with Gasteiger partial charge in [0.05, 0.1) is 11.5 Å². The van der Waals surface area contributed by atoms with E-state index < -0.39 is 9.84 Å². The maximum atomic E-state index is 13.2. The summed E-state index contributed by atoms with van der Waals surface area (Å²) in [6, 6.07) is 16.1. The predicted octanol–water partition coefficient (Wildman–Crippen LogP) is 5.06. The molecule has 3 rings (SSSR count). The molecule has 5 nitrogen and oxygen atoms in total. The van der Waals surface area contributed by atoms with Crippen LogP contribution in [0.25, 0.3) is 6.08 Å². The maximum Gasteiger partial charge on any atom is 0.247 e. The second-order valence-electron chi connectivity index (χ2n) is 10.1. The van der Waals surface area contributed by atoms with E-state index in [1.54, 1.807) is 11.0 Å². The van der Waals surface area contributed by atoms with E-state index in [0.717, 1.165) is 29.9 Å². The Morgan fingerprint density at radius 3 is 2.12 bits per heavy atom. The molecule has 2 aromatic rings. The van der Waals surface area contributed by atoms with Crippen LogP contribution in [-0.4, -0.2) is 49.9 Å². The standard InChI is InChI=1S/C28H38N2O3S/c1-6-29(7-2)25-15-10-23(11-16-25)20-30(26-18-19-34(32,33)21-26)27(31)17-12-22-8-13-24(14-9-22)28(3,4)5/h8-17,26H,6-7,18-21H2,1-5H3/b17-12+. The zero-order chi connectivity index (χ0) is 24.9. The highest BCUT2D eigenvalue weighted by molar-refractivity contribution is 7.91. The molecule has 1 aliphatic rings. The van der Waals surface area contributed by atoms with Gasteiger partial charge in [0, 0.05) is 37.4 Å². The summed E-state index contributed by atoms with van der Waals surface area (Å²) < 4.78 is 24.3. The highest BCUT2D eigenvalue weighted by atomic mass is 32.2. The van der Waals surface area contributed by atoms with Gasteiger partial charge in [-0.05, 0) is 60.6 Å². The summed E-state index contributed by atoms with van der Waals surface area (Å²) in [5.41, 5.74) is 4.40. The van der Waals surface area contributed by atoms with Crippen molar-refractivity contribution in [3.8, 4) is 0 Å². The number of rotatable bonds is 8. The molecule has 0 aromatic heterocycles. The molecular formula is C28H38N2O3S. The van der Waals surface area contributed by atoms with Gasteiger partial charge in [-0.25, -0.2) is 8.42 Å². The molecule has 184 valence electrons. The van der Waals surface area contributed by atoms with Gasteiger partial charge in [0.15, 0.2) is 9.84 Å². The molecule has 0 bridgehead atoms. The van der Waals surface area contributed by atoms with Crippen molar-refractivity contribution in [1.82, 2.24) is 4.90 Å². The Hall–Kier alpha value is -2.60. The lowest BCUT2D eigenvalue weighted by atomic mass is 9.87. The molecule has 0 saturated carbocycles. The van der Waals surface area contributed by atoms with Crippen LogP contribution in [0.2, 0.25) is 0 Å². The van der Waals surface area contributed by atoms with Crippen LogP contribution in [0.1, 0.15) is 57.7 Å². The Kier molecular flexibility index (Phi) is 8.24. The third kappa shape index (κ3) is 6.72. The van der Waals surface area contributed by atoms with Gasteiger partial charge in [-0.2, -0.15) is 0 Å². The van der Waals surface area contributed by atoms with Crippen LogP contribution in [0, 0.1) is 0 Å². The van der Waals surface area contributed by atoms with E-state index in [2.05, 4.69) is 63.8 Å². The number of anilines is 1. The molecule has 2 aromatic carbocycles. The van der Waals surface area contributed by atoms with Crippen molar-refractivity contribution in [2.24, 2.45) is 0 Å². The average molecular weight is 483 g/mol. The van der Waals surface area contributed by atoms with E-state index in [1.165, 1.54) is 5.56 Å². The first-order valence-electron chi connectivity index (χ1n) is 12.2. The zero-order valence-corrected chi connectivity index (χ0v) is 21.9. The molecule has 0 N–H and O–H groups in total. The van der Waals surface area contributed by atoms with Gasteiger partial charge in [0.2, 0.25) is 5.91 Å². The van der Waals surface area contributed by atoms with E-state index in [4.69, 9.17) is 0 Å². The molecule has 0 spiro atoms. The van der Waals surface area contributed by atoms with Crippen LogP contribution in [0.5, 0.6) is 0 Å². The van der Waals surface area contributed by atoms with Crippen molar-refractivity contribution in [1.29, 1.82) is 0 Å². The third-order valence-electron chi connectivity index (χ3n) is 6.55. The van der Waals surface area contributed by atoms with E-state index in [0.29, 0.717) is 13.0 Å². The minimum Gasteiger partial charge on any atom is -0.372 e. The lowest BCUT2D eigenvalue weighted by Crippen LogP contribution is -2.39. The molecule has 1 atom stereocenters. The van der Waals surface area contributed by atoms with Gasteiger partial charge in [0.1, 0.15) is 0 Å². The lowest BCUT2D eigenvalue weighted by Gasteiger charge is -2.28. The summed E-state index contributed by atoms with van der Waals surface area (Å²) in [5.74, 6) is 0.0138. The van der Waals surface area contributed by atoms with Gasteiger partial charge >= 0.3 is 0 Å². The number of hydrogen-bond donors (Lipinski definition) is 0. The summed E-state index contributed by atoms with van der Waals surface area (Å²) in [6.07, 6.45) is 3.87. The third-order valence-corrected chi connectivity index (χ3v) is 8.30. The van der Waals surface area contributed by atoms with Crippen molar-refractivity contribution in [2.75, 3.05) is 29.5 Å². The number of carbonyl (C=O) groups is 1. The molecule has 1 fully saturated rings. The van der Waals surface area contributed by atoms with Gasteiger partial charge in [-0.3, -0.25) is 4.79 Å². The molecule has 0 aliphatic carbocycles. The minimum absolute atomic E-state index is 0.0321. The molecule has 34 heavy (non-hydrogen) atoms. The van der Waals surface area contributed by atoms with Crippen molar-refractivity contribution in [3.63, 3.8) is 0 Å². The average Bonchev–Trinajstić information content (AvgIpc) is 3.16. The van der Waals surface area contributed by atoms with Crippen LogP contribution in [-0.2, 0) is 26.6 Å². The number of nitrogens with zero attached hydrogens (tertiary/aromatic N) is 2. The summed E-state index contributed by atoms with van der Waals surface area (Å²) in [7, 11) is -3.10. The fourth-order valence-electron chi connectivity index (χ4n) is 4.36. The van der Waals surface area contributed by atoms with Crippen molar-refractivity contribution >= 4 is 27.5 Å². The Labute approximate surface area is 205 Å². The molecule has 1 amide bonds. The molecule has 1 heterocycles. The first kappa shape index (κ1) is 26.0. The van der Waals surface area contributed by atoms with E-state index in [-0.39, 0.29) is 28.9 Å². The maximum absolute atomic E-state index is 13.2. The van der Waals surface area contributed by atoms with Gasteiger partial charge < -0.3 is 9.80 Å². The highest BCUT2D eigenvalue weighted by Gasteiger charge is 2.34. The summed E-state index contributed by atoms with van der Waals surface area (Å²) in [6.45, 7) is 13.0. The Morgan fingerprint density at radius 1 is 1.00 bits per heavy atom. The van der Waals surface area contributed by atoms with Crippen LogP contribution in [0.15, 0.2) is 54.6 Å². The van der Waals surface area contributed by atoms with Gasteiger partial charge in [-0.15, -0.1) is 0 Å². The summed E-state index contributed by atoms with van der Waals surface area (Å²) in [4.78, 5) is 17.2. The Bertz CT molecular complexity index is 1090. The fraction of sp³-hybridized carbons (Fsp3) is 0.464. The second-order valence-corrected chi connectivity index (χ2v) is 12.3. The lowest BCUT2D eigenvalue weighted by molar-refractivity contribution is -0.128. The monoisotopic (exact) mass is 482 g/mol. The normalized spacial score (nSPS) is 17.7. The van der Waals surface area contributed by atoms with E-state index in [9.17, 15) is 13.2 Å². The fourth-order valence-corrected chi connectivity index (χ4v) is 6.09. The SMILES string of the molecule is CCN(CC)c1ccc(CN(C(=O)/C=C/c2ccc(C(C)(C)C)cc2)C2CCS(=O)(=O)C2)cc1. The number of amides is 1. The predicted molar refractivity (Wildman–Crippen MR) is 142 cm³/mol. The molecular weight excluding hydrogens is 444 g/mol. The largest absolute Gasteiger partial charge is 0.372 e. The number of carbonyl (C=O) groups excluding carboxylic acids is 1. The first-order chi connectivity index (χ1) is 16.0. The number of sulfone groups is 1. The van der Waals surface area contributed by atoms with Gasteiger partial charge in [0.25, 0.3) is 0 Å². The molecule has 1 aliphatic heterocycles. The highest BCUT2D eigenvalue weighted by Crippen LogP contribution is 2.24. The van der Waals surface area contributed by atoms with Gasteiger partial charge in [-0.1, -0.05) is 57.2 Å². The second kappa shape index (κ2) is 10.8. The van der Waals surface area contributed by atoms with Crippen molar-refractivity contribution in [3.05, 3.63) is 71.3 Å². The smallest absolute Gasteiger partial charge is 0.247 e. The molecule has 0 radical (unpaired) electrons. The summed E-state index contributed by atoms with van der Waals surface area (Å²) in [5, 5.41) is 0. The number of benzene rings is 2. The topological polar surface area (TPSA) is 57.7 Å². The zero-order valence-electron chi connectivity index (χ0n) is 21.1.